The van der Waals surface area contributed by atoms with Gasteiger partial charge in [0.05, 0.1) is 16.9 Å². The number of nitrogens with zero attached hydrogens (tertiary/aromatic N) is 1. The predicted octanol–water partition coefficient (Wildman–Crippen LogP) is 18.0. The Hall–Kier alpha value is -6.78. The van der Waals surface area contributed by atoms with Crippen molar-refractivity contribution in [1.82, 2.24) is 0 Å². The Morgan fingerprint density at radius 3 is 1.63 bits per heavy atom. The molecule has 9 aromatic carbocycles. The van der Waals surface area contributed by atoms with Crippen molar-refractivity contribution in [1.29, 1.82) is 0 Å². The summed E-state index contributed by atoms with van der Waals surface area (Å²) in [4.78, 5) is 8.91. The van der Waals surface area contributed by atoms with Gasteiger partial charge < -0.3 is 0 Å². The number of hydrogen-bond acceptors (Lipinski definition) is 3. The molecular weight excluding hydrogens is 883 g/mol. The Balaban J connectivity index is 1.10. The first-order chi connectivity index (χ1) is 34.5. The lowest BCUT2D eigenvalue weighted by molar-refractivity contribution is 0.453. The molecule has 3 aliphatic rings. The molecule has 2 aliphatic carbocycles. The van der Waals surface area contributed by atoms with Crippen LogP contribution in [0.3, 0.4) is 0 Å². The lowest BCUT2D eigenvalue weighted by atomic mass is 9.51. The monoisotopic (exact) mass is 937 g/mol. The van der Waals surface area contributed by atoms with Crippen LogP contribution in [0.25, 0.3) is 31.3 Å². The summed E-state index contributed by atoms with van der Waals surface area (Å²) in [5, 5.41) is 2.67. The summed E-state index contributed by atoms with van der Waals surface area (Å²) in [5.41, 5.74) is 17.4. The highest BCUT2D eigenvalue weighted by Crippen LogP contribution is 2.67. The van der Waals surface area contributed by atoms with E-state index < -0.39 is 10.8 Å². The van der Waals surface area contributed by atoms with Gasteiger partial charge >= 0.3 is 0 Å². The predicted molar refractivity (Wildman–Crippen MR) is 296 cm³/mol. The van der Waals surface area contributed by atoms with E-state index in [2.05, 4.69) is 240 Å². The zero-order valence-electron chi connectivity index (χ0n) is 40.2. The molecule has 0 saturated carbocycles. The van der Waals surface area contributed by atoms with Crippen molar-refractivity contribution < 1.29 is 0 Å². The first-order valence-electron chi connectivity index (χ1n) is 25.3. The molecule has 4 unspecified atom stereocenters. The van der Waals surface area contributed by atoms with Gasteiger partial charge in [-0.25, -0.2) is 0 Å². The van der Waals surface area contributed by atoms with Crippen LogP contribution in [0.2, 0.25) is 0 Å². The second kappa shape index (κ2) is 17.0. The fraction of sp³-hybridized carbons (Fsp3) is 0.179. The maximum Gasteiger partial charge on any atom is 0.0778 e. The summed E-state index contributed by atoms with van der Waals surface area (Å²) < 4.78 is 2.67. The first-order valence-corrected chi connectivity index (χ1v) is 27.0. The minimum atomic E-state index is -0.588. The third kappa shape index (κ3) is 6.14. The van der Waals surface area contributed by atoms with Gasteiger partial charge in [0.1, 0.15) is 0 Å². The second-order valence-corrected chi connectivity index (χ2v) is 22.0. The molecule has 340 valence electrons. The van der Waals surface area contributed by atoms with Crippen LogP contribution in [0.4, 0.5) is 0 Å². The molecule has 4 atom stereocenters. The van der Waals surface area contributed by atoms with Crippen molar-refractivity contribution in [3.63, 3.8) is 0 Å². The van der Waals surface area contributed by atoms with Gasteiger partial charge in [0, 0.05) is 47.2 Å². The van der Waals surface area contributed by atoms with E-state index in [0.29, 0.717) is 5.92 Å². The highest BCUT2D eigenvalue weighted by atomic mass is 32.2. The molecule has 0 amide bonds. The summed E-state index contributed by atoms with van der Waals surface area (Å²) in [6.07, 6.45) is 1.98. The minimum absolute atomic E-state index is 0.0339. The van der Waals surface area contributed by atoms with Gasteiger partial charge in [-0.1, -0.05) is 234 Å². The SMILES string of the molecule is CCC(C)C(/N=C(/c1cccc2c1-c1ccccc1C21c2ccccc2C2(c3ccccc3Sc3ccccc32)c2ccccc21)C(CC)C(C)c1ccccc1)c1ccc2c(c1)sc1ccccc12. The Morgan fingerprint density at radius 2 is 0.986 bits per heavy atom. The van der Waals surface area contributed by atoms with E-state index in [1.807, 2.05) is 23.1 Å². The van der Waals surface area contributed by atoms with E-state index in [-0.39, 0.29) is 17.9 Å². The zero-order chi connectivity index (χ0) is 47.1. The molecule has 2 heterocycles. The molecule has 13 rings (SSSR count). The number of benzene rings is 9. The maximum atomic E-state index is 6.28. The van der Waals surface area contributed by atoms with Crippen molar-refractivity contribution in [2.75, 3.05) is 0 Å². The maximum absolute atomic E-state index is 6.28. The number of aliphatic imine (C=N–C) groups is 1. The molecule has 3 heteroatoms. The van der Waals surface area contributed by atoms with Crippen LogP contribution in [0.15, 0.2) is 227 Å². The van der Waals surface area contributed by atoms with E-state index in [0.717, 1.165) is 12.8 Å². The summed E-state index contributed by atoms with van der Waals surface area (Å²) in [7, 11) is 0. The molecule has 0 bridgehead atoms. The number of thiophene rings is 1. The fourth-order valence-electron chi connectivity index (χ4n) is 13.2. The first kappa shape index (κ1) is 43.3. The van der Waals surface area contributed by atoms with Gasteiger partial charge in [0.25, 0.3) is 0 Å². The normalized spacial score (nSPS) is 16.4. The topological polar surface area (TPSA) is 12.4 Å². The van der Waals surface area contributed by atoms with E-state index in [4.69, 9.17) is 4.99 Å². The van der Waals surface area contributed by atoms with E-state index >= 15 is 0 Å². The quantitative estimate of drug-likeness (QED) is 0.131. The Bertz CT molecular complexity index is 3590. The number of rotatable bonds is 9. The Labute approximate surface area is 421 Å². The fourth-order valence-corrected chi connectivity index (χ4v) is 15.6. The van der Waals surface area contributed by atoms with Gasteiger partial charge in [-0.05, 0) is 109 Å². The van der Waals surface area contributed by atoms with Crippen molar-refractivity contribution in [3.05, 3.63) is 274 Å². The molecule has 2 spiro atoms. The van der Waals surface area contributed by atoms with E-state index in [1.165, 1.54) is 108 Å². The molecule has 0 radical (unpaired) electrons. The van der Waals surface area contributed by atoms with Crippen molar-refractivity contribution in [2.45, 2.75) is 73.1 Å². The number of fused-ring (bicyclic) bond motifs is 18. The molecule has 1 aliphatic heterocycles. The van der Waals surface area contributed by atoms with Crippen LogP contribution in [-0.2, 0) is 10.8 Å². The Kier molecular flexibility index (Phi) is 10.5. The molecule has 1 nitrogen and oxygen atoms in total. The summed E-state index contributed by atoms with van der Waals surface area (Å²) >= 11 is 3.81. The summed E-state index contributed by atoms with van der Waals surface area (Å²) in [6, 6.07) is 81.1. The van der Waals surface area contributed by atoms with Crippen LogP contribution in [0, 0.1) is 11.8 Å². The lowest BCUT2D eigenvalue weighted by Gasteiger charge is -2.51. The third-order valence-corrected chi connectivity index (χ3v) is 18.8. The van der Waals surface area contributed by atoms with Crippen molar-refractivity contribution >= 4 is 49.0 Å². The van der Waals surface area contributed by atoms with E-state index in [9.17, 15) is 0 Å². The van der Waals surface area contributed by atoms with Crippen molar-refractivity contribution in [3.8, 4) is 11.1 Å². The number of hydrogen-bond donors (Lipinski definition) is 0. The van der Waals surface area contributed by atoms with E-state index in [1.54, 1.807) is 0 Å². The third-order valence-electron chi connectivity index (χ3n) is 16.5. The van der Waals surface area contributed by atoms with Crippen molar-refractivity contribution in [2.24, 2.45) is 16.8 Å². The molecule has 0 saturated heterocycles. The Morgan fingerprint density at radius 1 is 0.457 bits per heavy atom. The van der Waals surface area contributed by atoms with Crippen LogP contribution in [0.1, 0.15) is 114 Å². The van der Waals surface area contributed by atoms with Gasteiger partial charge in [-0.3, -0.25) is 4.99 Å². The molecule has 0 fully saturated rings. The molecule has 1 aromatic heterocycles. The van der Waals surface area contributed by atoms with Gasteiger partial charge in [-0.2, -0.15) is 0 Å². The van der Waals surface area contributed by atoms with Crippen LogP contribution in [-0.4, -0.2) is 5.71 Å². The largest absolute Gasteiger partial charge is 0.280 e. The van der Waals surface area contributed by atoms with Crippen LogP contribution in [0.5, 0.6) is 0 Å². The summed E-state index contributed by atoms with van der Waals surface area (Å²) in [5.74, 6) is 0.697. The second-order valence-electron chi connectivity index (χ2n) is 19.9. The highest BCUT2D eigenvalue weighted by molar-refractivity contribution is 7.99. The smallest absolute Gasteiger partial charge is 0.0778 e. The van der Waals surface area contributed by atoms with Gasteiger partial charge in [0.2, 0.25) is 0 Å². The molecule has 0 N–H and O–H groups in total. The van der Waals surface area contributed by atoms with Gasteiger partial charge in [0.15, 0.2) is 0 Å². The standard InChI is InChI=1S/C67H55NS2/c1-5-42(3)64(45-39-40-48-47-25-11-19-36-59(47)69-62(48)41-45)68-65(46(6-2)43(4)44-23-8-7-9-24-44)50-27-22-35-58-63(50)49-26-10-12-28-51(49)66(58)52-29-13-15-31-54(52)67(55-32-16-14-30-53(55)66)56-33-17-20-37-60(56)70-61-38-21-18-34-57(61)67/h7-43,46,64H,5-6H2,1-4H3/b68-65+. The molecular formula is C67H55NS2. The minimum Gasteiger partial charge on any atom is -0.280 e. The van der Waals surface area contributed by atoms with Crippen LogP contribution >= 0.6 is 23.1 Å². The average Bonchev–Trinajstić information content (AvgIpc) is 3.95. The van der Waals surface area contributed by atoms with Gasteiger partial charge in [-0.15, -0.1) is 11.3 Å². The zero-order valence-corrected chi connectivity index (χ0v) is 41.8. The van der Waals surface area contributed by atoms with Crippen LogP contribution < -0.4 is 0 Å². The average molecular weight is 938 g/mol. The molecule has 70 heavy (non-hydrogen) atoms. The summed E-state index contributed by atoms with van der Waals surface area (Å²) in [6.45, 7) is 9.56. The molecule has 10 aromatic rings. The lowest BCUT2D eigenvalue weighted by Crippen LogP contribution is -2.45. The highest BCUT2D eigenvalue weighted by Gasteiger charge is 2.58.